The van der Waals surface area contributed by atoms with Crippen molar-refractivity contribution in [3.05, 3.63) is 48.0 Å². The molecule has 1 amide bonds. The zero-order valence-corrected chi connectivity index (χ0v) is 24.4. The first-order valence-electron chi connectivity index (χ1n) is 14.5. The number of aryl methyl sites for hydroxylation is 1. The van der Waals surface area contributed by atoms with E-state index in [2.05, 4.69) is 56.5 Å². The summed E-state index contributed by atoms with van der Waals surface area (Å²) in [4.78, 5) is 27.9. The highest BCUT2D eigenvalue weighted by Crippen LogP contribution is 2.34. The number of rotatable bonds is 10. The number of nitrogens with one attached hydrogen (secondary N) is 2. The van der Waals surface area contributed by atoms with E-state index >= 15 is 0 Å². The highest BCUT2D eigenvalue weighted by Gasteiger charge is 2.37. The zero-order chi connectivity index (χ0) is 29.1. The van der Waals surface area contributed by atoms with Gasteiger partial charge in [0.25, 0.3) is 6.43 Å². The van der Waals surface area contributed by atoms with E-state index in [-0.39, 0.29) is 23.2 Å². The second kappa shape index (κ2) is 12.2. The van der Waals surface area contributed by atoms with Gasteiger partial charge in [-0.2, -0.15) is 4.98 Å². The van der Waals surface area contributed by atoms with E-state index in [0.717, 1.165) is 30.8 Å². The summed E-state index contributed by atoms with van der Waals surface area (Å²) < 4.78 is 32.9. The molecule has 0 saturated carbocycles. The Morgan fingerprint density at radius 2 is 1.95 bits per heavy atom. The molecular formula is C30H41F2N7O2. The van der Waals surface area contributed by atoms with Crippen molar-refractivity contribution in [1.82, 2.24) is 19.8 Å². The van der Waals surface area contributed by atoms with Crippen LogP contribution in [-0.4, -0.2) is 77.6 Å². The Morgan fingerprint density at radius 3 is 2.66 bits per heavy atom. The summed E-state index contributed by atoms with van der Waals surface area (Å²) in [6.07, 6.45) is 5.44. The molecule has 0 aliphatic carbocycles. The summed E-state index contributed by atoms with van der Waals surface area (Å²) in [6, 6.07) is 7.56. The number of aromatic nitrogens is 2. The number of anilines is 4. The quantitative estimate of drug-likeness (QED) is 0.380. The molecule has 0 spiro atoms. The van der Waals surface area contributed by atoms with Crippen LogP contribution in [0.3, 0.4) is 0 Å². The maximum absolute atomic E-state index is 13.8. The molecule has 2 saturated heterocycles. The van der Waals surface area contributed by atoms with Gasteiger partial charge in [-0.3, -0.25) is 9.69 Å². The van der Waals surface area contributed by atoms with Crippen molar-refractivity contribution in [2.45, 2.75) is 65.0 Å². The molecule has 2 bridgehead atoms. The number of ether oxygens (including phenoxy) is 1. The van der Waals surface area contributed by atoms with Crippen LogP contribution in [0.5, 0.6) is 0 Å². The summed E-state index contributed by atoms with van der Waals surface area (Å²) >= 11 is 0. The Morgan fingerprint density at radius 1 is 1.20 bits per heavy atom. The number of alkyl halides is 2. The lowest BCUT2D eigenvalue weighted by molar-refractivity contribution is -0.138. The molecule has 2 fully saturated rings. The van der Waals surface area contributed by atoms with Crippen LogP contribution in [0.25, 0.3) is 0 Å². The SMILES string of the molecule is CCc1cc(N2C[C@H]3CC[C@@H](C2)N3C)ccc1Nc1ncc(C(F)F)c(NCCCN2C=COCC(C)(C)C2=O)n1. The van der Waals surface area contributed by atoms with Gasteiger partial charge in [-0.1, -0.05) is 6.92 Å². The van der Waals surface area contributed by atoms with Crippen molar-refractivity contribution < 1.29 is 18.3 Å². The number of benzene rings is 1. The maximum Gasteiger partial charge on any atom is 0.268 e. The van der Waals surface area contributed by atoms with Crippen molar-refractivity contribution in [2.24, 2.45) is 5.41 Å². The van der Waals surface area contributed by atoms with Gasteiger partial charge in [-0.05, 0) is 70.3 Å². The molecule has 3 aliphatic heterocycles. The average molecular weight is 570 g/mol. The lowest BCUT2D eigenvalue weighted by atomic mass is 9.93. The largest absolute Gasteiger partial charge is 0.499 e. The van der Waals surface area contributed by atoms with Crippen LogP contribution in [0.2, 0.25) is 0 Å². The summed E-state index contributed by atoms with van der Waals surface area (Å²) in [5.74, 6) is 0.300. The smallest absolute Gasteiger partial charge is 0.268 e. The number of hydrogen-bond acceptors (Lipinski definition) is 8. The lowest BCUT2D eigenvalue weighted by Gasteiger charge is -2.40. The van der Waals surface area contributed by atoms with Crippen molar-refractivity contribution in [3.8, 4) is 0 Å². The molecule has 2 atom stereocenters. The van der Waals surface area contributed by atoms with Crippen LogP contribution in [0.4, 0.5) is 31.9 Å². The predicted octanol–water partition coefficient (Wildman–Crippen LogP) is 5.16. The Hall–Kier alpha value is -3.47. The fourth-order valence-electron chi connectivity index (χ4n) is 5.91. The second-order valence-electron chi connectivity index (χ2n) is 11.8. The molecule has 3 aliphatic rings. The molecule has 222 valence electrons. The van der Waals surface area contributed by atoms with Gasteiger partial charge in [0.05, 0.1) is 17.2 Å². The third kappa shape index (κ3) is 6.39. The van der Waals surface area contributed by atoms with Crippen molar-refractivity contribution in [1.29, 1.82) is 0 Å². The lowest BCUT2D eigenvalue weighted by Crippen LogP contribution is -2.52. The Bertz CT molecular complexity index is 1260. The number of carbonyl (C=O) groups is 1. The summed E-state index contributed by atoms with van der Waals surface area (Å²) in [5, 5.41) is 6.29. The van der Waals surface area contributed by atoms with Crippen LogP contribution in [0.1, 0.15) is 57.6 Å². The molecule has 2 aromatic rings. The summed E-state index contributed by atoms with van der Waals surface area (Å²) in [6.45, 7) is 8.94. The molecule has 4 heterocycles. The van der Waals surface area contributed by atoms with E-state index in [1.54, 1.807) is 11.1 Å². The van der Waals surface area contributed by atoms with Crippen LogP contribution >= 0.6 is 0 Å². The summed E-state index contributed by atoms with van der Waals surface area (Å²) in [5.41, 5.74) is 2.30. The van der Waals surface area contributed by atoms with Gasteiger partial charge in [-0.15, -0.1) is 0 Å². The van der Waals surface area contributed by atoms with Crippen molar-refractivity contribution >= 4 is 29.0 Å². The van der Waals surface area contributed by atoms with Gasteiger partial charge < -0.3 is 25.2 Å². The molecule has 41 heavy (non-hydrogen) atoms. The molecule has 1 aromatic heterocycles. The van der Waals surface area contributed by atoms with Crippen LogP contribution < -0.4 is 15.5 Å². The molecule has 0 radical (unpaired) electrons. The highest BCUT2D eigenvalue weighted by molar-refractivity contribution is 5.83. The third-order valence-corrected chi connectivity index (χ3v) is 8.47. The number of amides is 1. The Balaban J connectivity index is 1.24. The Kier molecular flexibility index (Phi) is 8.63. The van der Waals surface area contributed by atoms with Crippen LogP contribution in [0.15, 0.2) is 36.9 Å². The van der Waals surface area contributed by atoms with E-state index in [1.807, 2.05) is 19.9 Å². The van der Waals surface area contributed by atoms with E-state index < -0.39 is 11.8 Å². The van der Waals surface area contributed by atoms with Gasteiger partial charge in [-0.25, -0.2) is 13.8 Å². The summed E-state index contributed by atoms with van der Waals surface area (Å²) in [7, 11) is 2.23. The van der Waals surface area contributed by atoms with Crippen molar-refractivity contribution in [3.63, 3.8) is 0 Å². The van der Waals surface area contributed by atoms with Gasteiger partial charge in [0.2, 0.25) is 11.9 Å². The number of piperazine rings is 1. The first-order chi connectivity index (χ1) is 19.7. The topological polar surface area (TPSA) is 85.9 Å². The third-order valence-electron chi connectivity index (χ3n) is 8.47. The molecular weight excluding hydrogens is 528 g/mol. The standard InChI is InChI=1S/C30H41F2N7O2/c1-5-20-15-21(39-17-22-7-8-23(18-39)37(22)4)9-10-25(20)35-29-34-16-24(26(31)32)27(36-29)33-11-6-12-38-13-14-41-19-30(2,3)28(38)40/h9-10,13-16,22-23,26H,5-8,11-12,17-19H2,1-4H3,(H2,33,34,35,36)/t22-,23+. The fourth-order valence-corrected chi connectivity index (χ4v) is 5.91. The van der Waals surface area contributed by atoms with E-state index in [9.17, 15) is 13.6 Å². The Labute approximate surface area is 241 Å². The van der Waals surface area contributed by atoms with Gasteiger partial charge in [0, 0.05) is 62.0 Å². The maximum atomic E-state index is 13.8. The van der Waals surface area contributed by atoms with Gasteiger partial charge in [0.15, 0.2) is 0 Å². The minimum absolute atomic E-state index is 0.0363. The van der Waals surface area contributed by atoms with E-state index in [4.69, 9.17) is 4.74 Å². The molecule has 1 aromatic carbocycles. The average Bonchev–Trinajstić information content (AvgIpc) is 3.09. The van der Waals surface area contributed by atoms with Crippen LogP contribution in [0, 0.1) is 5.41 Å². The minimum Gasteiger partial charge on any atom is -0.499 e. The van der Waals surface area contributed by atoms with E-state index in [0.29, 0.717) is 38.2 Å². The highest BCUT2D eigenvalue weighted by atomic mass is 19.3. The normalized spacial score (nSPS) is 22.2. The second-order valence-corrected chi connectivity index (χ2v) is 11.8. The van der Waals surface area contributed by atoms with Crippen LogP contribution in [-0.2, 0) is 16.0 Å². The number of likely N-dealkylation sites (N-methyl/N-ethyl adjacent to an activating group) is 1. The molecule has 9 nitrogen and oxygen atoms in total. The predicted molar refractivity (Wildman–Crippen MR) is 157 cm³/mol. The number of nitrogens with zero attached hydrogens (tertiary/aromatic N) is 5. The monoisotopic (exact) mass is 569 g/mol. The van der Waals surface area contributed by atoms with E-state index in [1.165, 1.54) is 31.0 Å². The molecule has 11 heteroatoms. The van der Waals surface area contributed by atoms with Gasteiger partial charge in [0.1, 0.15) is 12.4 Å². The molecule has 0 unspecified atom stereocenters. The molecule has 5 rings (SSSR count). The first-order valence-corrected chi connectivity index (χ1v) is 14.5. The van der Waals surface area contributed by atoms with Crippen molar-refractivity contribution in [2.75, 3.05) is 55.4 Å². The van der Waals surface area contributed by atoms with Gasteiger partial charge >= 0.3 is 0 Å². The number of hydrogen-bond donors (Lipinski definition) is 2. The molecule has 2 N–H and O–H groups in total. The number of halogens is 2. The fraction of sp³-hybridized carbons (Fsp3) is 0.567. The zero-order valence-electron chi connectivity index (χ0n) is 24.4. The number of fused-ring (bicyclic) bond motifs is 2. The minimum atomic E-state index is -2.72. The number of carbonyl (C=O) groups excluding carboxylic acids is 1. The first kappa shape index (κ1) is 29.0.